The zero-order valence-electron chi connectivity index (χ0n) is 15.6. The highest BCUT2D eigenvalue weighted by Crippen LogP contribution is 2.17. The van der Waals surface area contributed by atoms with E-state index in [-0.39, 0.29) is 12.5 Å². The van der Waals surface area contributed by atoms with Crippen LogP contribution >= 0.6 is 0 Å². The molecule has 1 aliphatic rings. The lowest BCUT2D eigenvalue weighted by atomic mass is 10.3. The zero-order valence-corrected chi connectivity index (χ0v) is 15.6. The number of aryl methyl sites for hydroxylation is 1. The summed E-state index contributed by atoms with van der Waals surface area (Å²) in [5.74, 6) is 2.22. The van der Waals surface area contributed by atoms with Crippen molar-refractivity contribution in [1.29, 1.82) is 0 Å². The third kappa shape index (κ3) is 4.22. The summed E-state index contributed by atoms with van der Waals surface area (Å²) in [7, 11) is 0. The number of hydrogen-bond acceptors (Lipinski definition) is 8. The number of carbonyl (C=O) groups excluding carboxylic acids is 1. The molecule has 144 valence electrons. The SMILES string of the molecule is Cc1ccnc(Nc2ccc(N3CCN(C(=O)Cn4cncn4)CC3)nn2)c1. The van der Waals surface area contributed by atoms with Gasteiger partial charge in [-0.05, 0) is 36.8 Å². The third-order valence-electron chi connectivity index (χ3n) is 4.54. The number of nitrogens with zero attached hydrogens (tertiary/aromatic N) is 8. The first kappa shape index (κ1) is 17.8. The Morgan fingerprint density at radius 2 is 1.96 bits per heavy atom. The number of amides is 1. The first-order chi connectivity index (χ1) is 13.7. The number of anilines is 3. The van der Waals surface area contributed by atoms with Gasteiger partial charge in [-0.25, -0.2) is 14.6 Å². The van der Waals surface area contributed by atoms with Gasteiger partial charge >= 0.3 is 0 Å². The Bertz CT molecular complexity index is 918. The molecule has 0 atom stereocenters. The second kappa shape index (κ2) is 7.99. The highest BCUT2D eigenvalue weighted by Gasteiger charge is 2.22. The molecule has 0 unspecified atom stereocenters. The average molecular weight is 379 g/mol. The van der Waals surface area contributed by atoms with Crippen LogP contribution in [0.1, 0.15) is 5.56 Å². The van der Waals surface area contributed by atoms with E-state index in [1.165, 1.54) is 11.0 Å². The second-order valence-corrected chi connectivity index (χ2v) is 6.58. The van der Waals surface area contributed by atoms with Gasteiger partial charge in [-0.3, -0.25) is 4.79 Å². The van der Waals surface area contributed by atoms with Crippen LogP contribution in [0.3, 0.4) is 0 Å². The Balaban J connectivity index is 1.31. The lowest BCUT2D eigenvalue weighted by Crippen LogP contribution is -2.49. The molecule has 10 heteroatoms. The number of piperazine rings is 1. The molecule has 1 aliphatic heterocycles. The van der Waals surface area contributed by atoms with Crippen LogP contribution in [0.4, 0.5) is 17.5 Å². The van der Waals surface area contributed by atoms with Gasteiger partial charge < -0.3 is 15.1 Å². The van der Waals surface area contributed by atoms with Gasteiger partial charge in [-0.15, -0.1) is 10.2 Å². The van der Waals surface area contributed by atoms with E-state index in [0.717, 1.165) is 17.2 Å². The minimum absolute atomic E-state index is 0.0430. The Hall–Kier alpha value is -3.56. The van der Waals surface area contributed by atoms with Gasteiger partial charge in [0.25, 0.3) is 0 Å². The maximum Gasteiger partial charge on any atom is 0.244 e. The molecule has 28 heavy (non-hydrogen) atoms. The topological polar surface area (TPSA) is 105 Å². The fourth-order valence-corrected chi connectivity index (χ4v) is 3.03. The molecule has 3 aromatic heterocycles. The fourth-order valence-electron chi connectivity index (χ4n) is 3.03. The molecule has 0 saturated carbocycles. The van der Waals surface area contributed by atoms with Gasteiger partial charge in [-0.1, -0.05) is 0 Å². The van der Waals surface area contributed by atoms with Gasteiger partial charge in [0.05, 0.1) is 0 Å². The summed E-state index contributed by atoms with van der Waals surface area (Å²) in [5, 5.41) is 15.7. The number of carbonyl (C=O) groups is 1. The van der Waals surface area contributed by atoms with Gasteiger partial charge in [0.1, 0.15) is 25.0 Å². The van der Waals surface area contributed by atoms with E-state index in [9.17, 15) is 4.79 Å². The van der Waals surface area contributed by atoms with Crippen molar-refractivity contribution in [1.82, 2.24) is 34.8 Å². The molecule has 0 aromatic carbocycles. The second-order valence-electron chi connectivity index (χ2n) is 6.58. The van der Waals surface area contributed by atoms with E-state index in [1.807, 2.05) is 36.1 Å². The van der Waals surface area contributed by atoms with E-state index < -0.39 is 0 Å². The predicted molar refractivity (Wildman–Crippen MR) is 103 cm³/mol. The van der Waals surface area contributed by atoms with E-state index >= 15 is 0 Å². The van der Waals surface area contributed by atoms with Crippen LogP contribution < -0.4 is 10.2 Å². The van der Waals surface area contributed by atoms with Crippen LogP contribution in [0.15, 0.2) is 43.1 Å². The van der Waals surface area contributed by atoms with Gasteiger partial charge in [-0.2, -0.15) is 5.10 Å². The maximum atomic E-state index is 12.3. The molecular weight excluding hydrogens is 358 g/mol. The molecule has 4 heterocycles. The zero-order chi connectivity index (χ0) is 19.3. The molecule has 3 aromatic rings. The highest BCUT2D eigenvalue weighted by atomic mass is 16.2. The smallest absolute Gasteiger partial charge is 0.244 e. The van der Waals surface area contributed by atoms with Crippen molar-refractivity contribution < 1.29 is 4.79 Å². The third-order valence-corrected chi connectivity index (χ3v) is 4.54. The molecule has 1 saturated heterocycles. The van der Waals surface area contributed by atoms with E-state index in [4.69, 9.17) is 0 Å². The van der Waals surface area contributed by atoms with Crippen LogP contribution in [-0.4, -0.2) is 66.9 Å². The van der Waals surface area contributed by atoms with Crippen LogP contribution in [0.2, 0.25) is 0 Å². The van der Waals surface area contributed by atoms with Crippen molar-refractivity contribution in [3.05, 3.63) is 48.7 Å². The summed E-state index contributed by atoms with van der Waals surface area (Å²) in [5.41, 5.74) is 1.12. The Labute approximate surface area is 162 Å². The maximum absolute atomic E-state index is 12.3. The number of rotatable bonds is 5. The Morgan fingerprint density at radius 3 is 2.64 bits per heavy atom. The largest absolute Gasteiger partial charge is 0.352 e. The van der Waals surface area contributed by atoms with E-state index in [1.54, 1.807) is 12.5 Å². The summed E-state index contributed by atoms with van der Waals surface area (Å²) in [6.45, 7) is 4.93. The minimum Gasteiger partial charge on any atom is -0.352 e. The standard InChI is InChI=1S/C18H21N9O/c1-14-4-5-20-16(10-14)22-15-2-3-17(24-23-15)25-6-8-26(9-7-25)18(28)11-27-13-19-12-21-27/h2-5,10,12-13H,6-9,11H2,1H3,(H,20,22,23). The summed E-state index contributed by atoms with van der Waals surface area (Å²) in [6, 6.07) is 7.70. The number of aromatic nitrogens is 6. The molecule has 1 N–H and O–H groups in total. The first-order valence-corrected chi connectivity index (χ1v) is 9.06. The number of pyridine rings is 1. The van der Waals surface area contributed by atoms with Crippen LogP contribution in [0.5, 0.6) is 0 Å². The molecule has 1 amide bonds. The van der Waals surface area contributed by atoms with Crippen molar-refractivity contribution in [3.8, 4) is 0 Å². The molecular formula is C18H21N9O. The lowest BCUT2D eigenvalue weighted by Gasteiger charge is -2.35. The summed E-state index contributed by atoms with van der Waals surface area (Å²) < 4.78 is 1.54. The number of hydrogen-bond donors (Lipinski definition) is 1. The normalized spacial score (nSPS) is 14.2. The summed E-state index contributed by atoms with van der Waals surface area (Å²) in [6.07, 6.45) is 4.73. The first-order valence-electron chi connectivity index (χ1n) is 9.06. The monoisotopic (exact) mass is 379 g/mol. The molecule has 10 nitrogen and oxygen atoms in total. The summed E-state index contributed by atoms with van der Waals surface area (Å²) >= 11 is 0. The molecule has 0 spiro atoms. The van der Waals surface area contributed by atoms with Crippen molar-refractivity contribution in [3.63, 3.8) is 0 Å². The van der Waals surface area contributed by atoms with Gasteiger partial charge in [0.2, 0.25) is 5.91 Å². The molecule has 0 aliphatic carbocycles. The van der Waals surface area contributed by atoms with Crippen LogP contribution in [0, 0.1) is 6.92 Å². The Kier molecular flexibility index (Phi) is 5.09. The van der Waals surface area contributed by atoms with Gasteiger partial charge in [0.15, 0.2) is 11.6 Å². The number of nitrogens with one attached hydrogen (secondary N) is 1. The van der Waals surface area contributed by atoms with Gasteiger partial charge in [0, 0.05) is 32.4 Å². The van der Waals surface area contributed by atoms with E-state index in [0.29, 0.717) is 32.0 Å². The van der Waals surface area contributed by atoms with Crippen molar-refractivity contribution in [2.45, 2.75) is 13.5 Å². The fraction of sp³-hybridized carbons (Fsp3) is 0.333. The van der Waals surface area contributed by atoms with Crippen LogP contribution in [0.25, 0.3) is 0 Å². The van der Waals surface area contributed by atoms with Crippen LogP contribution in [-0.2, 0) is 11.3 Å². The quantitative estimate of drug-likeness (QED) is 0.696. The Morgan fingerprint density at radius 1 is 1.11 bits per heavy atom. The molecule has 0 radical (unpaired) electrons. The molecule has 0 bridgehead atoms. The van der Waals surface area contributed by atoms with E-state index in [2.05, 4.69) is 35.5 Å². The highest BCUT2D eigenvalue weighted by molar-refractivity contribution is 5.76. The van der Waals surface area contributed by atoms with Crippen molar-refractivity contribution in [2.24, 2.45) is 0 Å². The van der Waals surface area contributed by atoms with Crippen molar-refractivity contribution >= 4 is 23.4 Å². The minimum atomic E-state index is 0.0430. The van der Waals surface area contributed by atoms with Crippen molar-refractivity contribution in [2.75, 3.05) is 36.4 Å². The lowest BCUT2D eigenvalue weighted by molar-refractivity contribution is -0.132. The molecule has 1 fully saturated rings. The molecule has 4 rings (SSSR count). The average Bonchev–Trinajstić information content (AvgIpc) is 3.22. The summed E-state index contributed by atoms with van der Waals surface area (Å²) in [4.78, 5) is 24.4. The predicted octanol–water partition coefficient (Wildman–Crippen LogP) is 0.864.